The van der Waals surface area contributed by atoms with E-state index in [1.165, 1.54) is 24.3 Å². The second-order valence-electron chi connectivity index (χ2n) is 4.15. The summed E-state index contributed by atoms with van der Waals surface area (Å²) in [7, 11) is 0. The average molecular weight is 324 g/mol. The number of hydrogen-bond acceptors (Lipinski definition) is 6. The number of carboxylic acid groups (broad SMARTS) is 2. The van der Waals surface area contributed by atoms with Crippen LogP contribution >= 0.6 is 0 Å². The number of aliphatic carboxylic acids is 1. The predicted molar refractivity (Wildman–Crippen MR) is 64.5 cm³/mol. The van der Waals surface area contributed by atoms with Crippen LogP contribution in [0, 0.1) is 0 Å². The van der Waals surface area contributed by atoms with Gasteiger partial charge < -0.3 is 24.5 Å². The van der Waals surface area contributed by atoms with Gasteiger partial charge in [0.2, 0.25) is 0 Å². The molecule has 0 heterocycles. The second kappa shape index (κ2) is 13.1. The summed E-state index contributed by atoms with van der Waals surface area (Å²) in [5.74, 6) is -3.28. The quantitative estimate of drug-likeness (QED) is 0.267. The molecule has 108 valence electrons. The second-order valence-corrected chi connectivity index (χ2v) is 4.15. The maximum atomic E-state index is 11.7. The first kappa shape index (κ1) is 23.9. The molecule has 1 aromatic carbocycles. The predicted octanol–water partition coefficient (Wildman–Crippen LogP) is -6.47. The first-order valence-electron chi connectivity index (χ1n) is 6.19. The standard InChI is InChI=1S/C14H16O6.2Na/c15-12(16)8-2-1-5-9-20-14(19)11-7-4-3-6-10(11)13(17)18;;/h3-4,6-7H,1-2,5,8-9H2,(H,15,16)(H,17,18);;/q;2*+1/p-2. The van der Waals surface area contributed by atoms with Gasteiger partial charge in [-0.1, -0.05) is 18.2 Å². The van der Waals surface area contributed by atoms with Gasteiger partial charge in [-0.2, -0.15) is 0 Å². The third-order valence-corrected chi connectivity index (χ3v) is 2.63. The number of aromatic carboxylic acids is 1. The Bertz CT molecular complexity index is 504. The fraction of sp³-hybridized carbons (Fsp3) is 0.357. The molecule has 1 rings (SSSR count). The van der Waals surface area contributed by atoms with E-state index in [4.69, 9.17) is 4.74 Å². The molecule has 0 amide bonds. The Balaban J connectivity index is 0. The molecule has 0 atom stereocenters. The molecular weight excluding hydrogens is 310 g/mol. The Morgan fingerprint density at radius 3 is 2.05 bits per heavy atom. The van der Waals surface area contributed by atoms with E-state index in [9.17, 15) is 24.6 Å². The van der Waals surface area contributed by atoms with Gasteiger partial charge in [0.05, 0.1) is 18.1 Å². The van der Waals surface area contributed by atoms with E-state index >= 15 is 0 Å². The summed E-state index contributed by atoms with van der Waals surface area (Å²) >= 11 is 0. The normalized spacial score (nSPS) is 9.09. The van der Waals surface area contributed by atoms with Crippen LogP contribution in [0.1, 0.15) is 46.4 Å². The van der Waals surface area contributed by atoms with Crippen LogP contribution < -0.4 is 69.3 Å². The molecule has 22 heavy (non-hydrogen) atoms. The fourth-order valence-corrected chi connectivity index (χ4v) is 1.63. The van der Waals surface area contributed by atoms with Crippen LogP contribution in [-0.4, -0.2) is 24.5 Å². The molecule has 0 unspecified atom stereocenters. The number of carbonyl (C=O) groups is 3. The van der Waals surface area contributed by atoms with E-state index in [1.54, 1.807) is 0 Å². The molecule has 0 bridgehead atoms. The van der Waals surface area contributed by atoms with Crippen molar-refractivity contribution in [2.24, 2.45) is 0 Å². The van der Waals surface area contributed by atoms with Crippen LogP contribution in [0.3, 0.4) is 0 Å². The van der Waals surface area contributed by atoms with Crippen molar-refractivity contribution in [1.82, 2.24) is 0 Å². The molecule has 0 aromatic heterocycles. The van der Waals surface area contributed by atoms with Gasteiger partial charge in [0.25, 0.3) is 0 Å². The van der Waals surface area contributed by atoms with Gasteiger partial charge in [0, 0.05) is 11.5 Å². The van der Waals surface area contributed by atoms with E-state index in [0.29, 0.717) is 19.3 Å². The summed E-state index contributed by atoms with van der Waals surface area (Å²) in [6.45, 7) is 0.104. The van der Waals surface area contributed by atoms with Crippen molar-refractivity contribution >= 4 is 17.9 Å². The SMILES string of the molecule is O=C([O-])CCCCCOC(=O)c1ccccc1C(=O)[O-].[Na+].[Na+]. The number of benzene rings is 1. The Morgan fingerprint density at radius 2 is 1.50 bits per heavy atom. The van der Waals surface area contributed by atoms with Crippen molar-refractivity contribution in [1.29, 1.82) is 0 Å². The van der Waals surface area contributed by atoms with Crippen LogP contribution in [0.4, 0.5) is 0 Å². The van der Waals surface area contributed by atoms with E-state index in [0.717, 1.165) is 0 Å². The van der Waals surface area contributed by atoms with E-state index in [2.05, 4.69) is 0 Å². The third-order valence-electron chi connectivity index (χ3n) is 2.63. The fourth-order valence-electron chi connectivity index (χ4n) is 1.63. The van der Waals surface area contributed by atoms with E-state index in [1.807, 2.05) is 0 Å². The number of esters is 1. The van der Waals surface area contributed by atoms with Gasteiger partial charge in [-0.3, -0.25) is 0 Å². The molecule has 0 fully saturated rings. The molecule has 0 aliphatic heterocycles. The van der Waals surface area contributed by atoms with E-state index in [-0.39, 0.29) is 83.3 Å². The molecule has 6 nitrogen and oxygen atoms in total. The molecule has 0 radical (unpaired) electrons. The molecule has 0 saturated heterocycles. The summed E-state index contributed by atoms with van der Waals surface area (Å²) in [5, 5.41) is 21.0. The zero-order valence-corrected chi connectivity index (χ0v) is 16.8. The Labute approximate surface area is 172 Å². The smallest absolute Gasteiger partial charge is 0.550 e. The van der Waals surface area contributed by atoms with Crippen LogP contribution in [0.2, 0.25) is 0 Å². The maximum Gasteiger partial charge on any atom is 1.00 e. The van der Waals surface area contributed by atoms with Gasteiger partial charge in [-0.25, -0.2) is 4.79 Å². The van der Waals surface area contributed by atoms with Gasteiger partial charge in [0.1, 0.15) is 0 Å². The molecular formula is C14H14Na2O6. The van der Waals surface area contributed by atoms with Gasteiger partial charge >= 0.3 is 65.1 Å². The van der Waals surface area contributed by atoms with Gasteiger partial charge in [-0.05, 0) is 31.7 Å². The minimum Gasteiger partial charge on any atom is -0.550 e. The van der Waals surface area contributed by atoms with Crippen molar-refractivity contribution in [3.63, 3.8) is 0 Å². The van der Waals surface area contributed by atoms with Crippen LogP contribution in [0.25, 0.3) is 0 Å². The Kier molecular flexibility index (Phi) is 14.2. The van der Waals surface area contributed by atoms with Crippen LogP contribution in [0.15, 0.2) is 24.3 Å². The molecule has 0 aliphatic rings. The summed E-state index contributed by atoms with van der Waals surface area (Å²) < 4.78 is 4.93. The number of unbranched alkanes of at least 4 members (excludes halogenated alkanes) is 2. The zero-order chi connectivity index (χ0) is 15.0. The molecule has 0 saturated carbocycles. The van der Waals surface area contributed by atoms with Gasteiger partial charge in [0.15, 0.2) is 0 Å². The topological polar surface area (TPSA) is 107 Å². The summed E-state index contributed by atoms with van der Waals surface area (Å²) in [6.07, 6.45) is 1.52. The van der Waals surface area contributed by atoms with Crippen LogP contribution in [-0.2, 0) is 9.53 Å². The zero-order valence-electron chi connectivity index (χ0n) is 12.8. The minimum atomic E-state index is -1.44. The van der Waals surface area contributed by atoms with E-state index < -0.39 is 17.9 Å². The minimum absolute atomic E-state index is 0. The number of rotatable bonds is 8. The molecule has 8 heteroatoms. The molecule has 1 aromatic rings. The van der Waals surface area contributed by atoms with Crippen molar-refractivity contribution < 1.29 is 88.4 Å². The first-order chi connectivity index (χ1) is 9.52. The largest absolute Gasteiger partial charge is 1.00 e. The van der Waals surface area contributed by atoms with Crippen molar-refractivity contribution in [2.75, 3.05) is 6.61 Å². The van der Waals surface area contributed by atoms with Crippen molar-refractivity contribution in [3.05, 3.63) is 35.4 Å². The molecule has 0 spiro atoms. The number of ether oxygens (including phenoxy) is 1. The molecule has 0 N–H and O–H groups in total. The summed E-state index contributed by atoms with van der Waals surface area (Å²) in [5.41, 5.74) is -0.267. The number of hydrogen-bond donors (Lipinski definition) is 0. The summed E-state index contributed by atoms with van der Waals surface area (Å²) in [6, 6.07) is 5.64. The van der Waals surface area contributed by atoms with Crippen molar-refractivity contribution in [3.8, 4) is 0 Å². The maximum absolute atomic E-state index is 11.7. The number of carbonyl (C=O) groups excluding carboxylic acids is 3. The van der Waals surface area contributed by atoms with Crippen LogP contribution in [0.5, 0.6) is 0 Å². The number of carboxylic acids is 2. The van der Waals surface area contributed by atoms with Crippen molar-refractivity contribution in [2.45, 2.75) is 25.7 Å². The first-order valence-corrected chi connectivity index (χ1v) is 6.19. The Morgan fingerprint density at radius 1 is 0.909 bits per heavy atom. The summed E-state index contributed by atoms with van der Waals surface area (Å²) in [4.78, 5) is 32.7. The molecule has 0 aliphatic carbocycles. The van der Waals surface area contributed by atoms with Gasteiger partial charge in [-0.15, -0.1) is 0 Å². The monoisotopic (exact) mass is 324 g/mol. The third kappa shape index (κ3) is 8.92. The average Bonchev–Trinajstić information content (AvgIpc) is 2.42. The Hall–Kier alpha value is -0.370.